The number of rotatable bonds is 2. The van der Waals surface area contributed by atoms with Gasteiger partial charge in [0.1, 0.15) is 0 Å². The van der Waals surface area contributed by atoms with Crippen molar-refractivity contribution in [2.24, 2.45) is 0 Å². The molecular formula is C16H14N2O3. The lowest BCUT2D eigenvalue weighted by molar-refractivity contribution is -0.384. The van der Waals surface area contributed by atoms with Crippen LogP contribution < -0.4 is 4.90 Å². The maximum atomic E-state index is 12.7. The highest BCUT2D eigenvalue weighted by atomic mass is 16.6. The van der Waals surface area contributed by atoms with Crippen molar-refractivity contribution in [3.05, 3.63) is 69.8 Å². The number of non-ortho nitro benzene ring substituents is 1. The number of carbonyl (C=O) groups excluding carboxylic acids is 1. The van der Waals surface area contributed by atoms with Gasteiger partial charge < -0.3 is 4.90 Å². The van der Waals surface area contributed by atoms with E-state index >= 15 is 0 Å². The third-order valence-corrected chi connectivity index (χ3v) is 3.73. The van der Waals surface area contributed by atoms with Crippen LogP contribution in [0.3, 0.4) is 0 Å². The molecular weight excluding hydrogens is 268 g/mol. The van der Waals surface area contributed by atoms with Crippen molar-refractivity contribution in [3.63, 3.8) is 0 Å². The van der Waals surface area contributed by atoms with Crippen molar-refractivity contribution >= 4 is 17.3 Å². The summed E-state index contributed by atoms with van der Waals surface area (Å²) in [6.45, 7) is 1.98. The van der Waals surface area contributed by atoms with E-state index in [1.807, 2.05) is 31.2 Å². The molecule has 0 radical (unpaired) electrons. The number of anilines is 1. The first kappa shape index (κ1) is 13.3. The van der Waals surface area contributed by atoms with Crippen LogP contribution in [-0.4, -0.2) is 16.9 Å². The fourth-order valence-corrected chi connectivity index (χ4v) is 2.77. The van der Waals surface area contributed by atoms with E-state index in [-0.39, 0.29) is 17.6 Å². The summed E-state index contributed by atoms with van der Waals surface area (Å²) >= 11 is 0. The topological polar surface area (TPSA) is 63.5 Å². The van der Waals surface area contributed by atoms with Gasteiger partial charge in [-0.05, 0) is 31.0 Å². The average Bonchev–Trinajstić information content (AvgIpc) is 2.82. The van der Waals surface area contributed by atoms with E-state index in [9.17, 15) is 14.9 Å². The molecule has 0 N–H and O–H groups in total. The molecule has 1 atom stereocenters. The Balaban J connectivity index is 1.99. The predicted octanol–water partition coefficient (Wildman–Crippen LogP) is 3.19. The van der Waals surface area contributed by atoms with Gasteiger partial charge in [-0.2, -0.15) is 0 Å². The molecule has 1 amide bonds. The molecule has 21 heavy (non-hydrogen) atoms. The van der Waals surface area contributed by atoms with E-state index in [1.54, 1.807) is 11.0 Å². The van der Waals surface area contributed by atoms with Gasteiger partial charge in [-0.1, -0.05) is 24.3 Å². The van der Waals surface area contributed by atoms with Crippen molar-refractivity contribution in [2.75, 3.05) is 4.90 Å². The third kappa shape index (κ3) is 2.27. The van der Waals surface area contributed by atoms with E-state index < -0.39 is 4.92 Å². The van der Waals surface area contributed by atoms with Gasteiger partial charge in [0, 0.05) is 29.4 Å². The Morgan fingerprint density at radius 2 is 2.00 bits per heavy atom. The Morgan fingerprint density at radius 1 is 1.24 bits per heavy atom. The molecule has 0 aromatic heterocycles. The summed E-state index contributed by atoms with van der Waals surface area (Å²) < 4.78 is 0. The SMILES string of the molecule is C[C@@H]1Cc2ccccc2N1C(=O)c1cccc([N+](=O)[O-])c1. The molecule has 106 valence electrons. The molecule has 5 nitrogen and oxygen atoms in total. The maximum absolute atomic E-state index is 12.7. The van der Waals surface area contributed by atoms with Crippen molar-refractivity contribution in [1.29, 1.82) is 0 Å². The first-order valence-electron chi connectivity index (χ1n) is 6.74. The predicted molar refractivity (Wildman–Crippen MR) is 79.5 cm³/mol. The second-order valence-electron chi connectivity index (χ2n) is 5.16. The number of hydrogen-bond donors (Lipinski definition) is 0. The number of nitro benzene ring substituents is 1. The number of para-hydroxylation sites is 1. The minimum atomic E-state index is -0.488. The highest BCUT2D eigenvalue weighted by molar-refractivity contribution is 6.08. The Hall–Kier alpha value is -2.69. The van der Waals surface area contributed by atoms with Crippen molar-refractivity contribution in [1.82, 2.24) is 0 Å². The molecule has 0 unspecified atom stereocenters. The second kappa shape index (κ2) is 5.01. The quantitative estimate of drug-likeness (QED) is 0.627. The monoisotopic (exact) mass is 282 g/mol. The molecule has 5 heteroatoms. The zero-order valence-electron chi connectivity index (χ0n) is 11.5. The van der Waals surface area contributed by atoms with Crippen LogP contribution in [0.1, 0.15) is 22.8 Å². The lowest BCUT2D eigenvalue weighted by atomic mass is 10.1. The first-order chi connectivity index (χ1) is 10.1. The number of amides is 1. The lowest BCUT2D eigenvalue weighted by Crippen LogP contribution is -2.35. The van der Waals surface area contributed by atoms with Gasteiger partial charge in [0.2, 0.25) is 0 Å². The van der Waals surface area contributed by atoms with Crippen molar-refractivity contribution < 1.29 is 9.72 Å². The zero-order chi connectivity index (χ0) is 15.0. The molecule has 3 rings (SSSR count). The minimum Gasteiger partial charge on any atom is -0.305 e. The van der Waals surface area contributed by atoms with E-state index in [4.69, 9.17) is 0 Å². The Kier molecular flexibility index (Phi) is 3.17. The van der Waals surface area contributed by atoms with Gasteiger partial charge >= 0.3 is 0 Å². The highest BCUT2D eigenvalue weighted by Gasteiger charge is 2.31. The molecule has 0 fully saturated rings. The van der Waals surface area contributed by atoms with Crippen LogP contribution in [0, 0.1) is 10.1 Å². The van der Waals surface area contributed by atoms with Crippen LogP contribution in [0.5, 0.6) is 0 Å². The fraction of sp³-hybridized carbons (Fsp3) is 0.188. The van der Waals surface area contributed by atoms with Gasteiger partial charge in [-0.3, -0.25) is 14.9 Å². The van der Waals surface area contributed by atoms with Crippen LogP contribution in [0.4, 0.5) is 11.4 Å². The van der Waals surface area contributed by atoms with E-state index in [1.165, 1.54) is 18.2 Å². The van der Waals surface area contributed by atoms with Crippen LogP contribution in [0.25, 0.3) is 0 Å². The van der Waals surface area contributed by atoms with Crippen LogP contribution in [0.2, 0.25) is 0 Å². The molecule has 0 spiro atoms. The maximum Gasteiger partial charge on any atom is 0.270 e. The Labute approximate surface area is 122 Å². The Morgan fingerprint density at radius 3 is 2.76 bits per heavy atom. The molecule has 1 heterocycles. The first-order valence-corrected chi connectivity index (χ1v) is 6.74. The standard InChI is InChI=1S/C16H14N2O3/c1-11-9-12-5-2-3-8-15(12)17(11)16(19)13-6-4-7-14(10-13)18(20)21/h2-8,10-11H,9H2,1H3/t11-/m1/s1. The lowest BCUT2D eigenvalue weighted by Gasteiger charge is -2.22. The highest BCUT2D eigenvalue weighted by Crippen LogP contribution is 2.33. The summed E-state index contributed by atoms with van der Waals surface area (Å²) in [7, 11) is 0. The fourth-order valence-electron chi connectivity index (χ4n) is 2.77. The molecule has 0 saturated heterocycles. The molecule has 0 aliphatic carbocycles. The third-order valence-electron chi connectivity index (χ3n) is 3.73. The molecule has 1 aliphatic rings. The van der Waals surface area contributed by atoms with E-state index in [0.29, 0.717) is 5.56 Å². The smallest absolute Gasteiger partial charge is 0.270 e. The number of nitrogens with zero attached hydrogens (tertiary/aromatic N) is 2. The number of nitro groups is 1. The summed E-state index contributed by atoms with van der Waals surface area (Å²) in [5.41, 5.74) is 2.29. The van der Waals surface area contributed by atoms with E-state index in [2.05, 4.69) is 0 Å². The Bertz CT molecular complexity index is 727. The van der Waals surface area contributed by atoms with Gasteiger partial charge in [-0.25, -0.2) is 0 Å². The average molecular weight is 282 g/mol. The van der Waals surface area contributed by atoms with Crippen LogP contribution in [-0.2, 0) is 6.42 Å². The summed E-state index contributed by atoms with van der Waals surface area (Å²) in [5, 5.41) is 10.8. The van der Waals surface area contributed by atoms with E-state index in [0.717, 1.165) is 17.7 Å². The summed E-state index contributed by atoms with van der Waals surface area (Å²) in [5.74, 6) is -0.198. The van der Waals surface area contributed by atoms with Crippen molar-refractivity contribution in [3.8, 4) is 0 Å². The summed E-state index contributed by atoms with van der Waals surface area (Å²) in [6, 6.07) is 13.7. The number of benzene rings is 2. The summed E-state index contributed by atoms with van der Waals surface area (Å²) in [4.78, 5) is 24.8. The zero-order valence-corrected chi connectivity index (χ0v) is 11.5. The van der Waals surface area contributed by atoms with Crippen LogP contribution >= 0.6 is 0 Å². The molecule has 0 bridgehead atoms. The largest absolute Gasteiger partial charge is 0.305 e. The number of fused-ring (bicyclic) bond motifs is 1. The van der Waals surface area contributed by atoms with Gasteiger partial charge in [0.05, 0.1) is 4.92 Å². The van der Waals surface area contributed by atoms with Gasteiger partial charge in [0.15, 0.2) is 0 Å². The van der Waals surface area contributed by atoms with Crippen molar-refractivity contribution in [2.45, 2.75) is 19.4 Å². The normalized spacial score (nSPS) is 16.6. The summed E-state index contributed by atoms with van der Waals surface area (Å²) in [6.07, 6.45) is 0.802. The molecule has 2 aromatic carbocycles. The van der Waals surface area contributed by atoms with Gasteiger partial charge in [-0.15, -0.1) is 0 Å². The molecule has 2 aromatic rings. The minimum absolute atomic E-state index is 0.0502. The van der Waals surface area contributed by atoms with Crippen LogP contribution in [0.15, 0.2) is 48.5 Å². The second-order valence-corrected chi connectivity index (χ2v) is 5.16. The van der Waals surface area contributed by atoms with Gasteiger partial charge in [0.25, 0.3) is 11.6 Å². The number of hydrogen-bond acceptors (Lipinski definition) is 3. The number of carbonyl (C=O) groups is 1. The molecule has 1 aliphatic heterocycles. The molecule has 0 saturated carbocycles.